The highest BCUT2D eigenvalue weighted by atomic mass is 35.5. The normalized spacial score (nSPS) is 14.6. The number of carbonyl (C=O) groups is 2. The molecule has 9 nitrogen and oxygen atoms in total. The lowest BCUT2D eigenvalue weighted by Gasteiger charge is -2.32. The van der Waals surface area contributed by atoms with Crippen LogP contribution in [0.1, 0.15) is 28.1 Å². The van der Waals surface area contributed by atoms with Crippen molar-refractivity contribution in [2.45, 2.75) is 24.6 Å². The van der Waals surface area contributed by atoms with E-state index in [1.54, 1.807) is 24.3 Å². The monoisotopic (exact) mass is 612 g/mol. The number of esters is 1. The van der Waals surface area contributed by atoms with Gasteiger partial charge in [-0.2, -0.15) is 0 Å². The van der Waals surface area contributed by atoms with Crippen molar-refractivity contribution >= 4 is 62.2 Å². The first kappa shape index (κ1) is 29.2. The highest BCUT2D eigenvalue weighted by Crippen LogP contribution is 2.46. The van der Waals surface area contributed by atoms with Crippen molar-refractivity contribution in [2.75, 3.05) is 32.1 Å². The molecule has 0 spiro atoms. The average molecular weight is 614 g/mol. The smallest absolute Gasteiger partial charge is 0.351 e. The molecule has 0 bridgehead atoms. The van der Waals surface area contributed by atoms with Gasteiger partial charge in [0.15, 0.2) is 17.2 Å². The molecule has 0 aliphatic carbocycles. The van der Waals surface area contributed by atoms with Crippen LogP contribution >= 0.6 is 34.5 Å². The fourth-order valence-electron chi connectivity index (χ4n) is 4.26. The van der Waals surface area contributed by atoms with Crippen LogP contribution in [0.4, 0.5) is 5.69 Å². The van der Waals surface area contributed by atoms with Crippen LogP contribution < -0.4 is 10.1 Å². The van der Waals surface area contributed by atoms with E-state index >= 15 is 0 Å². The summed E-state index contributed by atoms with van der Waals surface area (Å²) in [5, 5.41) is 13.1. The summed E-state index contributed by atoms with van der Waals surface area (Å²) >= 11 is 13.6. The van der Waals surface area contributed by atoms with E-state index in [9.17, 15) is 18.0 Å². The Balaban J connectivity index is 1.44. The second-order valence-electron chi connectivity index (χ2n) is 8.86. The highest BCUT2D eigenvalue weighted by Gasteiger charge is 2.29. The number of nitrogens with zero attached hydrogens (tertiary/aromatic N) is 1. The predicted octanol–water partition coefficient (Wildman–Crippen LogP) is 5.38. The van der Waals surface area contributed by atoms with Crippen LogP contribution in [0, 0.1) is 0 Å². The number of ether oxygens (including phenoxy) is 2. The number of carboxylic acid groups (broad SMARTS) is 1. The lowest BCUT2D eigenvalue weighted by molar-refractivity contribution is -0.139. The van der Waals surface area contributed by atoms with E-state index in [4.69, 9.17) is 37.8 Å². The van der Waals surface area contributed by atoms with E-state index in [1.165, 1.54) is 11.4 Å². The van der Waals surface area contributed by atoms with Crippen molar-refractivity contribution in [3.63, 3.8) is 0 Å². The van der Waals surface area contributed by atoms with Gasteiger partial charge in [-0.25, -0.2) is 22.3 Å². The van der Waals surface area contributed by atoms with Gasteiger partial charge in [-0.3, -0.25) is 0 Å². The summed E-state index contributed by atoms with van der Waals surface area (Å²) in [6.07, 6.45) is 1.25. The quantitative estimate of drug-likeness (QED) is 0.293. The topological polar surface area (TPSA) is 122 Å². The molecule has 4 rings (SSSR count). The number of piperidine rings is 1. The molecule has 1 aliphatic heterocycles. The van der Waals surface area contributed by atoms with Gasteiger partial charge in [0, 0.05) is 29.8 Å². The van der Waals surface area contributed by atoms with E-state index in [2.05, 4.69) is 5.32 Å². The molecule has 0 radical (unpaired) electrons. The Hall–Kier alpha value is -2.83. The summed E-state index contributed by atoms with van der Waals surface area (Å²) in [5.74, 6) is -2.01. The van der Waals surface area contributed by atoms with Gasteiger partial charge in [-0.15, -0.1) is 11.3 Å². The maximum Gasteiger partial charge on any atom is 0.351 e. The predicted molar refractivity (Wildman–Crippen MR) is 152 cm³/mol. The fourth-order valence-corrected chi connectivity index (χ4v) is 7.51. The van der Waals surface area contributed by atoms with E-state index in [0.717, 1.165) is 17.0 Å². The summed E-state index contributed by atoms with van der Waals surface area (Å²) in [6.45, 7) is 0.128. The van der Waals surface area contributed by atoms with Crippen molar-refractivity contribution in [3.8, 4) is 16.2 Å². The van der Waals surface area contributed by atoms with Crippen LogP contribution in [0.25, 0.3) is 10.4 Å². The molecule has 1 saturated heterocycles. The lowest BCUT2D eigenvalue weighted by Crippen LogP contribution is -2.42. The molecule has 0 unspecified atom stereocenters. The minimum Gasteiger partial charge on any atom is -0.479 e. The number of carboxylic acids is 1. The Morgan fingerprint density at radius 3 is 2.51 bits per heavy atom. The van der Waals surface area contributed by atoms with Gasteiger partial charge in [-0.05, 0) is 48.2 Å². The number of aliphatic carboxylic acids is 1. The third kappa shape index (κ3) is 7.23. The number of rotatable bonds is 10. The van der Waals surface area contributed by atoms with Gasteiger partial charge >= 0.3 is 11.9 Å². The molecule has 208 valence electrons. The number of thiophene rings is 1. The number of benzene rings is 2. The lowest BCUT2D eigenvalue weighted by atomic mass is 10.1. The SMILES string of the molecule is COC(=O)c1sc(-c2cccc(NC3CCN(S(=O)(=O)Cc4cccc(Cl)c4)CC3)c2)c(Cl)c1OCC(=O)O. The van der Waals surface area contributed by atoms with Crippen LogP contribution in [0.3, 0.4) is 0 Å². The first-order valence-electron chi connectivity index (χ1n) is 11.9. The number of hydrogen-bond donors (Lipinski definition) is 2. The first-order valence-corrected chi connectivity index (χ1v) is 15.1. The van der Waals surface area contributed by atoms with Gasteiger partial charge in [0.05, 0.1) is 17.7 Å². The average Bonchev–Trinajstić information content (AvgIpc) is 3.23. The number of sulfonamides is 1. The minimum absolute atomic E-state index is 0.0318. The zero-order valence-electron chi connectivity index (χ0n) is 20.9. The van der Waals surface area contributed by atoms with Crippen molar-refractivity contribution in [2.24, 2.45) is 0 Å². The molecular weight excluding hydrogens is 587 g/mol. The van der Waals surface area contributed by atoms with Gasteiger partial charge in [-0.1, -0.05) is 47.5 Å². The summed E-state index contributed by atoms with van der Waals surface area (Å²) in [6, 6.07) is 14.3. The Morgan fingerprint density at radius 2 is 1.85 bits per heavy atom. The Morgan fingerprint density at radius 1 is 1.13 bits per heavy atom. The maximum absolute atomic E-state index is 12.9. The summed E-state index contributed by atoms with van der Waals surface area (Å²) in [5.41, 5.74) is 2.15. The third-order valence-corrected chi connectivity index (χ3v) is 9.86. The van der Waals surface area contributed by atoms with Gasteiger partial charge in [0.1, 0.15) is 5.02 Å². The minimum atomic E-state index is -3.47. The molecule has 2 heterocycles. The Labute approximate surface area is 240 Å². The van der Waals surface area contributed by atoms with Crippen LogP contribution in [-0.2, 0) is 25.3 Å². The first-order chi connectivity index (χ1) is 18.6. The van der Waals surface area contributed by atoms with E-state index in [1.807, 2.05) is 24.3 Å². The van der Waals surface area contributed by atoms with Crippen LogP contribution in [0.15, 0.2) is 48.5 Å². The van der Waals surface area contributed by atoms with Crippen LogP contribution in [0.2, 0.25) is 10.0 Å². The molecule has 1 fully saturated rings. The van der Waals surface area contributed by atoms with Crippen molar-refractivity contribution < 1.29 is 32.6 Å². The number of carbonyl (C=O) groups excluding carboxylic acids is 1. The molecule has 1 aliphatic rings. The molecule has 39 heavy (non-hydrogen) atoms. The van der Waals surface area contributed by atoms with Crippen molar-refractivity contribution in [3.05, 3.63) is 69.0 Å². The number of anilines is 1. The molecule has 1 aromatic heterocycles. The molecule has 0 amide bonds. The van der Waals surface area contributed by atoms with E-state index in [0.29, 0.717) is 47.0 Å². The van der Waals surface area contributed by atoms with Gasteiger partial charge in [0.25, 0.3) is 0 Å². The Bertz CT molecular complexity index is 1470. The zero-order chi connectivity index (χ0) is 28.2. The summed E-state index contributed by atoms with van der Waals surface area (Å²) in [4.78, 5) is 23.8. The molecule has 2 N–H and O–H groups in total. The number of methoxy groups -OCH3 is 1. The zero-order valence-corrected chi connectivity index (χ0v) is 24.0. The van der Waals surface area contributed by atoms with Crippen LogP contribution in [-0.4, -0.2) is 62.6 Å². The third-order valence-electron chi connectivity index (χ3n) is 6.10. The molecule has 13 heteroatoms. The Kier molecular flexibility index (Phi) is 9.39. The molecular formula is C26H26Cl2N2O7S2. The number of hydrogen-bond acceptors (Lipinski definition) is 8. The largest absolute Gasteiger partial charge is 0.479 e. The number of halogens is 2. The summed E-state index contributed by atoms with van der Waals surface area (Å²) < 4.78 is 37.5. The number of nitrogens with one attached hydrogen (secondary N) is 1. The molecule has 0 saturated carbocycles. The van der Waals surface area contributed by atoms with Crippen molar-refractivity contribution in [1.82, 2.24) is 4.31 Å². The molecule has 3 aromatic rings. The second-order valence-corrected chi connectivity index (χ2v) is 12.7. The maximum atomic E-state index is 12.9. The molecule has 0 atom stereocenters. The fraction of sp³-hybridized carbons (Fsp3) is 0.308. The van der Waals surface area contributed by atoms with Gasteiger partial charge < -0.3 is 19.9 Å². The van der Waals surface area contributed by atoms with Gasteiger partial charge in [0.2, 0.25) is 10.0 Å². The van der Waals surface area contributed by atoms with Crippen molar-refractivity contribution in [1.29, 1.82) is 0 Å². The molecule has 2 aromatic carbocycles. The second kappa shape index (κ2) is 12.6. The van der Waals surface area contributed by atoms with E-state index in [-0.39, 0.29) is 27.4 Å². The summed E-state index contributed by atoms with van der Waals surface area (Å²) in [7, 11) is -2.25. The van der Waals surface area contributed by atoms with E-state index < -0.39 is 28.6 Å². The standard InChI is InChI=1S/C26H26Cl2N2O7S2/c1-36-26(33)25-23(37-14-21(31)32)22(28)24(38-25)17-5-3-7-20(13-17)29-19-8-10-30(11-9-19)39(34,35)15-16-4-2-6-18(27)12-16/h2-7,12-13,19,29H,8-11,14-15H2,1H3,(H,31,32). The van der Waals surface area contributed by atoms with Crippen LogP contribution in [0.5, 0.6) is 5.75 Å². The highest BCUT2D eigenvalue weighted by molar-refractivity contribution is 7.88.